The Balaban J connectivity index is 1.63. The van der Waals surface area contributed by atoms with E-state index in [9.17, 15) is 4.79 Å². The SMILES string of the molecule is Cc1cc(C(=O)Nc2ccc(OC3CCCC3)cc2)c(C)o1. The van der Waals surface area contributed by atoms with Crippen molar-refractivity contribution in [3.63, 3.8) is 0 Å². The smallest absolute Gasteiger partial charge is 0.259 e. The molecule has 1 heterocycles. The lowest BCUT2D eigenvalue weighted by atomic mass is 10.2. The Morgan fingerprint density at radius 2 is 1.86 bits per heavy atom. The number of carbonyl (C=O) groups excluding carboxylic acids is 1. The predicted octanol–water partition coefficient (Wildman–Crippen LogP) is 4.47. The van der Waals surface area contributed by atoms with Crippen LogP contribution in [0.4, 0.5) is 5.69 Å². The van der Waals surface area contributed by atoms with Crippen LogP contribution in [0.15, 0.2) is 34.7 Å². The number of amides is 1. The van der Waals surface area contributed by atoms with Crippen LogP contribution in [0.2, 0.25) is 0 Å². The number of carbonyl (C=O) groups is 1. The van der Waals surface area contributed by atoms with E-state index in [4.69, 9.17) is 9.15 Å². The van der Waals surface area contributed by atoms with E-state index in [-0.39, 0.29) is 5.91 Å². The molecular formula is C18H21NO3. The monoisotopic (exact) mass is 299 g/mol. The molecule has 116 valence electrons. The molecule has 4 heteroatoms. The number of benzene rings is 1. The third-order valence-corrected chi connectivity index (χ3v) is 4.00. The summed E-state index contributed by atoms with van der Waals surface area (Å²) < 4.78 is 11.3. The number of ether oxygens (including phenoxy) is 1. The molecule has 0 radical (unpaired) electrons. The summed E-state index contributed by atoms with van der Waals surface area (Å²) >= 11 is 0. The van der Waals surface area contributed by atoms with Crippen LogP contribution in [0.3, 0.4) is 0 Å². The van der Waals surface area contributed by atoms with E-state index in [1.165, 1.54) is 12.8 Å². The van der Waals surface area contributed by atoms with Crippen molar-refractivity contribution in [2.75, 3.05) is 5.32 Å². The molecule has 0 bridgehead atoms. The number of hydrogen-bond donors (Lipinski definition) is 1. The molecule has 1 amide bonds. The van der Waals surface area contributed by atoms with Crippen molar-refractivity contribution in [2.24, 2.45) is 0 Å². The summed E-state index contributed by atoms with van der Waals surface area (Å²) in [4.78, 5) is 12.2. The second kappa shape index (κ2) is 6.26. The number of nitrogens with one attached hydrogen (secondary N) is 1. The first-order chi connectivity index (χ1) is 10.6. The lowest BCUT2D eigenvalue weighted by molar-refractivity contribution is 0.102. The molecule has 0 saturated heterocycles. The van der Waals surface area contributed by atoms with Gasteiger partial charge >= 0.3 is 0 Å². The molecule has 0 unspecified atom stereocenters. The van der Waals surface area contributed by atoms with Crippen LogP contribution in [0.25, 0.3) is 0 Å². The normalized spacial score (nSPS) is 15.0. The molecule has 0 atom stereocenters. The molecule has 1 N–H and O–H groups in total. The summed E-state index contributed by atoms with van der Waals surface area (Å²) in [6.07, 6.45) is 5.12. The Morgan fingerprint density at radius 3 is 2.45 bits per heavy atom. The highest BCUT2D eigenvalue weighted by Crippen LogP contribution is 2.25. The topological polar surface area (TPSA) is 51.5 Å². The van der Waals surface area contributed by atoms with E-state index < -0.39 is 0 Å². The first-order valence-corrected chi connectivity index (χ1v) is 7.77. The van der Waals surface area contributed by atoms with Crippen LogP contribution in [-0.4, -0.2) is 12.0 Å². The summed E-state index contributed by atoms with van der Waals surface area (Å²) in [5, 5.41) is 2.88. The van der Waals surface area contributed by atoms with E-state index in [0.717, 1.165) is 30.0 Å². The van der Waals surface area contributed by atoms with Gasteiger partial charge in [0.05, 0.1) is 11.7 Å². The van der Waals surface area contributed by atoms with E-state index in [2.05, 4.69) is 5.32 Å². The van der Waals surface area contributed by atoms with Crippen LogP contribution < -0.4 is 10.1 Å². The summed E-state index contributed by atoms with van der Waals surface area (Å²) in [5.74, 6) is 2.08. The van der Waals surface area contributed by atoms with Gasteiger partial charge in [0.1, 0.15) is 17.3 Å². The third-order valence-electron chi connectivity index (χ3n) is 4.00. The lowest BCUT2D eigenvalue weighted by Gasteiger charge is -2.13. The first-order valence-electron chi connectivity index (χ1n) is 7.77. The first kappa shape index (κ1) is 14.7. The maximum atomic E-state index is 12.2. The van der Waals surface area contributed by atoms with Crippen LogP contribution in [0.5, 0.6) is 5.75 Å². The van der Waals surface area contributed by atoms with Crippen LogP contribution in [0.1, 0.15) is 47.6 Å². The van der Waals surface area contributed by atoms with Gasteiger partial charge in [-0.25, -0.2) is 0 Å². The highest BCUT2D eigenvalue weighted by molar-refractivity contribution is 6.05. The Bertz CT molecular complexity index is 651. The number of anilines is 1. The average Bonchev–Trinajstić information content (AvgIpc) is 3.10. The summed E-state index contributed by atoms with van der Waals surface area (Å²) in [5.41, 5.74) is 1.32. The van der Waals surface area contributed by atoms with Crippen molar-refractivity contribution in [2.45, 2.75) is 45.6 Å². The minimum Gasteiger partial charge on any atom is -0.490 e. The molecule has 1 aromatic carbocycles. The Morgan fingerprint density at radius 1 is 1.18 bits per heavy atom. The van der Waals surface area contributed by atoms with Gasteiger partial charge < -0.3 is 14.5 Å². The van der Waals surface area contributed by atoms with Gasteiger partial charge in [0.2, 0.25) is 0 Å². The van der Waals surface area contributed by atoms with Gasteiger partial charge in [-0.05, 0) is 69.9 Å². The maximum Gasteiger partial charge on any atom is 0.259 e. The zero-order valence-electron chi connectivity index (χ0n) is 13.0. The molecule has 1 saturated carbocycles. The second-order valence-electron chi connectivity index (χ2n) is 5.83. The number of hydrogen-bond acceptors (Lipinski definition) is 3. The molecule has 22 heavy (non-hydrogen) atoms. The van der Waals surface area contributed by atoms with Gasteiger partial charge in [-0.15, -0.1) is 0 Å². The van der Waals surface area contributed by atoms with Crippen molar-refractivity contribution in [3.8, 4) is 5.75 Å². The Hall–Kier alpha value is -2.23. The Labute approximate surface area is 130 Å². The maximum absolute atomic E-state index is 12.2. The predicted molar refractivity (Wildman–Crippen MR) is 85.5 cm³/mol. The molecule has 1 aliphatic carbocycles. The van der Waals surface area contributed by atoms with E-state index >= 15 is 0 Å². The zero-order valence-corrected chi connectivity index (χ0v) is 13.0. The lowest BCUT2D eigenvalue weighted by Crippen LogP contribution is -2.13. The zero-order chi connectivity index (χ0) is 15.5. The van der Waals surface area contributed by atoms with E-state index in [1.54, 1.807) is 13.0 Å². The van der Waals surface area contributed by atoms with Crippen LogP contribution in [-0.2, 0) is 0 Å². The highest BCUT2D eigenvalue weighted by Gasteiger charge is 2.17. The fourth-order valence-electron chi connectivity index (χ4n) is 2.87. The largest absolute Gasteiger partial charge is 0.490 e. The van der Waals surface area contributed by atoms with Crippen molar-refractivity contribution in [1.29, 1.82) is 0 Å². The molecule has 1 aromatic heterocycles. The molecule has 0 aliphatic heterocycles. The van der Waals surface area contributed by atoms with Gasteiger partial charge in [0.25, 0.3) is 5.91 Å². The van der Waals surface area contributed by atoms with Crippen LogP contribution >= 0.6 is 0 Å². The minimum absolute atomic E-state index is 0.154. The second-order valence-corrected chi connectivity index (χ2v) is 5.83. The molecule has 1 fully saturated rings. The number of aryl methyl sites for hydroxylation is 2. The van der Waals surface area contributed by atoms with E-state index in [1.807, 2.05) is 31.2 Å². The molecular weight excluding hydrogens is 278 g/mol. The quantitative estimate of drug-likeness (QED) is 0.906. The minimum atomic E-state index is -0.154. The molecule has 0 spiro atoms. The van der Waals surface area contributed by atoms with Gasteiger partial charge in [-0.1, -0.05) is 0 Å². The molecule has 3 rings (SSSR count). The number of rotatable bonds is 4. The van der Waals surface area contributed by atoms with Gasteiger partial charge in [0.15, 0.2) is 0 Å². The third kappa shape index (κ3) is 3.32. The fourth-order valence-corrected chi connectivity index (χ4v) is 2.87. The fraction of sp³-hybridized carbons (Fsp3) is 0.389. The summed E-state index contributed by atoms with van der Waals surface area (Å²) in [7, 11) is 0. The summed E-state index contributed by atoms with van der Waals surface area (Å²) in [6, 6.07) is 9.29. The average molecular weight is 299 g/mol. The molecule has 4 nitrogen and oxygen atoms in total. The van der Waals surface area contributed by atoms with Gasteiger partial charge in [-0.2, -0.15) is 0 Å². The van der Waals surface area contributed by atoms with Crippen molar-refractivity contribution >= 4 is 11.6 Å². The van der Waals surface area contributed by atoms with Crippen molar-refractivity contribution in [1.82, 2.24) is 0 Å². The van der Waals surface area contributed by atoms with Crippen molar-refractivity contribution < 1.29 is 13.9 Å². The molecule has 2 aromatic rings. The van der Waals surface area contributed by atoms with Crippen LogP contribution in [0, 0.1) is 13.8 Å². The van der Waals surface area contributed by atoms with Gasteiger partial charge in [0, 0.05) is 5.69 Å². The van der Waals surface area contributed by atoms with Crippen molar-refractivity contribution in [3.05, 3.63) is 47.4 Å². The standard InChI is InChI=1S/C18H21NO3/c1-12-11-17(13(2)21-12)18(20)19-14-7-9-16(10-8-14)22-15-5-3-4-6-15/h7-11,15H,3-6H2,1-2H3,(H,19,20). The Kier molecular flexibility index (Phi) is 4.18. The molecule has 1 aliphatic rings. The highest BCUT2D eigenvalue weighted by atomic mass is 16.5. The summed E-state index contributed by atoms with van der Waals surface area (Å²) in [6.45, 7) is 3.62. The number of furan rings is 1. The van der Waals surface area contributed by atoms with E-state index in [0.29, 0.717) is 17.4 Å². The van der Waals surface area contributed by atoms with Gasteiger partial charge in [-0.3, -0.25) is 4.79 Å².